The van der Waals surface area contributed by atoms with Gasteiger partial charge in [0.25, 0.3) is 0 Å². The van der Waals surface area contributed by atoms with Gasteiger partial charge in [0.15, 0.2) is 0 Å². The van der Waals surface area contributed by atoms with E-state index in [1.54, 1.807) is 6.08 Å². The van der Waals surface area contributed by atoms with Crippen LogP contribution < -0.4 is 0 Å². The molecule has 0 unspecified atom stereocenters. The lowest BCUT2D eigenvalue weighted by Crippen LogP contribution is -2.52. The third-order valence-corrected chi connectivity index (χ3v) is 3.77. The summed E-state index contributed by atoms with van der Waals surface area (Å²) >= 11 is 0. The maximum Gasteiger partial charge on any atom is 0.471 e. The summed E-state index contributed by atoms with van der Waals surface area (Å²) in [5.41, 5.74) is 0.880. The number of nitrogens with zero attached hydrogens (tertiary/aromatic N) is 2. The first-order valence-corrected chi connectivity index (χ1v) is 7.84. The molecule has 0 radical (unpaired) electrons. The number of rotatable bonds is 5. The zero-order valence-electron chi connectivity index (χ0n) is 13.5. The number of halogens is 3. The molecule has 1 fully saturated rings. The summed E-state index contributed by atoms with van der Waals surface area (Å²) in [7, 11) is 0. The molecule has 25 heavy (non-hydrogen) atoms. The number of hydrogen-bond donors (Lipinski definition) is 0. The molecule has 1 amide bonds. The molecule has 0 aromatic heterocycles. The molecule has 0 saturated carbocycles. The number of carbonyl (C=O) groups excluding carboxylic acids is 2. The summed E-state index contributed by atoms with van der Waals surface area (Å²) in [6.45, 7) is 1.23. The molecule has 1 saturated heterocycles. The fraction of sp³-hybridized carbons (Fsp3) is 0.412. The van der Waals surface area contributed by atoms with E-state index in [1.165, 1.54) is 6.08 Å². The first kappa shape index (κ1) is 19.0. The lowest BCUT2D eigenvalue weighted by atomic mass is 10.2. The van der Waals surface area contributed by atoms with Crippen molar-refractivity contribution in [2.45, 2.75) is 6.18 Å². The van der Waals surface area contributed by atoms with E-state index < -0.39 is 18.1 Å². The monoisotopic (exact) mass is 356 g/mol. The first-order valence-electron chi connectivity index (χ1n) is 7.84. The van der Waals surface area contributed by atoms with Gasteiger partial charge in [-0.05, 0) is 11.6 Å². The first-order chi connectivity index (χ1) is 11.9. The van der Waals surface area contributed by atoms with Gasteiger partial charge in [-0.2, -0.15) is 13.2 Å². The Labute approximate surface area is 143 Å². The Morgan fingerprint density at radius 3 is 2.32 bits per heavy atom. The number of hydrogen-bond acceptors (Lipinski definition) is 4. The highest BCUT2D eigenvalue weighted by atomic mass is 19.4. The molecule has 1 aromatic rings. The van der Waals surface area contributed by atoms with Crippen LogP contribution in [0.1, 0.15) is 5.56 Å². The van der Waals surface area contributed by atoms with E-state index in [-0.39, 0.29) is 19.7 Å². The van der Waals surface area contributed by atoms with Crippen molar-refractivity contribution >= 4 is 18.0 Å². The molecule has 2 rings (SSSR count). The molecule has 136 valence electrons. The Balaban J connectivity index is 1.65. The molecule has 0 N–H and O–H groups in total. The van der Waals surface area contributed by atoms with Crippen LogP contribution in [0.2, 0.25) is 0 Å². The van der Waals surface area contributed by atoms with Gasteiger partial charge >= 0.3 is 18.1 Å². The molecule has 1 aliphatic heterocycles. The highest BCUT2D eigenvalue weighted by Crippen LogP contribution is 2.19. The fourth-order valence-electron chi connectivity index (χ4n) is 2.41. The van der Waals surface area contributed by atoms with Crippen LogP contribution in [-0.2, 0) is 14.3 Å². The predicted octanol–water partition coefficient (Wildman–Crippen LogP) is 1.95. The van der Waals surface area contributed by atoms with Crippen LogP contribution in [0, 0.1) is 0 Å². The van der Waals surface area contributed by atoms with Crippen LogP contribution in [0.25, 0.3) is 6.08 Å². The largest absolute Gasteiger partial charge is 0.471 e. The van der Waals surface area contributed by atoms with Crippen molar-refractivity contribution in [3.8, 4) is 0 Å². The van der Waals surface area contributed by atoms with Crippen LogP contribution in [0.15, 0.2) is 36.4 Å². The van der Waals surface area contributed by atoms with Gasteiger partial charge in [-0.1, -0.05) is 30.3 Å². The van der Waals surface area contributed by atoms with Crippen LogP contribution >= 0.6 is 0 Å². The van der Waals surface area contributed by atoms with Crippen LogP contribution in [0.5, 0.6) is 0 Å². The van der Waals surface area contributed by atoms with Crippen LogP contribution in [0.4, 0.5) is 13.2 Å². The van der Waals surface area contributed by atoms with Crippen molar-refractivity contribution in [1.29, 1.82) is 0 Å². The minimum atomic E-state index is -4.83. The number of benzene rings is 1. The lowest BCUT2D eigenvalue weighted by molar-refractivity contribution is -0.187. The number of piperazine rings is 1. The maximum atomic E-state index is 12.3. The van der Waals surface area contributed by atoms with Crippen LogP contribution in [-0.4, -0.2) is 67.2 Å². The minimum Gasteiger partial charge on any atom is -0.461 e. The summed E-state index contributed by atoms with van der Waals surface area (Å²) in [4.78, 5) is 25.4. The van der Waals surface area contributed by atoms with E-state index in [1.807, 2.05) is 35.2 Å². The molecule has 1 aromatic carbocycles. The maximum absolute atomic E-state index is 12.3. The Morgan fingerprint density at radius 2 is 1.72 bits per heavy atom. The van der Waals surface area contributed by atoms with Gasteiger partial charge in [-0.25, -0.2) is 4.79 Å². The smallest absolute Gasteiger partial charge is 0.461 e. The quantitative estimate of drug-likeness (QED) is 0.598. The Kier molecular flexibility index (Phi) is 6.58. The molecule has 0 spiro atoms. The van der Waals surface area contributed by atoms with Crippen molar-refractivity contribution in [1.82, 2.24) is 9.80 Å². The van der Waals surface area contributed by atoms with Crippen molar-refractivity contribution in [3.63, 3.8) is 0 Å². The molecule has 1 aliphatic rings. The number of alkyl halides is 3. The molecule has 0 atom stereocenters. The zero-order chi connectivity index (χ0) is 18.3. The van der Waals surface area contributed by atoms with Gasteiger partial charge in [0.2, 0.25) is 0 Å². The molecule has 0 aliphatic carbocycles. The van der Waals surface area contributed by atoms with E-state index in [4.69, 9.17) is 4.74 Å². The lowest BCUT2D eigenvalue weighted by Gasteiger charge is -2.34. The van der Waals surface area contributed by atoms with Crippen LogP contribution in [0.3, 0.4) is 0 Å². The topological polar surface area (TPSA) is 49.9 Å². The van der Waals surface area contributed by atoms with E-state index in [9.17, 15) is 22.8 Å². The normalized spacial score (nSPS) is 16.2. The summed E-state index contributed by atoms with van der Waals surface area (Å²) in [6, 6.07) is 9.29. The van der Waals surface area contributed by atoms with Gasteiger partial charge in [0.1, 0.15) is 6.61 Å². The number of ether oxygens (including phenoxy) is 1. The molecule has 8 heteroatoms. The second kappa shape index (κ2) is 8.66. The van der Waals surface area contributed by atoms with Gasteiger partial charge < -0.3 is 9.64 Å². The van der Waals surface area contributed by atoms with Crippen molar-refractivity contribution in [3.05, 3.63) is 42.0 Å². The van der Waals surface area contributed by atoms with Gasteiger partial charge in [0.05, 0.1) is 0 Å². The average Bonchev–Trinajstić information content (AvgIpc) is 2.60. The van der Waals surface area contributed by atoms with Gasteiger partial charge in [0, 0.05) is 38.8 Å². The highest BCUT2D eigenvalue weighted by Gasteiger charge is 2.43. The van der Waals surface area contributed by atoms with Gasteiger partial charge in [-0.15, -0.1) is 0 Å². The SMILES string of the molecule is O=C(/C=C/c1ccccc1)OCCN1CCN(C(=O)C(F)(F)F)CC1. The van der Waals surface area contributed by atoms with Crippen molar-refractivity contribution in [2.24, 2.45) is 0 Å². The van der Waals surface area contributed by atoms with E-state index in [2.05, 4.69) is 0 Å². The second-order valence-corrected chi connectivity index (χ2v) is 5.54. The summed E-state index contributed by atoms with van der Waals surface area (Å²) in [5, 5.41) is 0. The molecule has 1 heterocycles. The third kappa shape index (κ3) is 6.22. The number of amides is 1. The number of carbonyl (C=O) groups is 2. The third-order valence-electron chi connectivity index (χ3n) is 3.77. The molecule has 0 bridgehead atoms. The number of esters is 1. The highest BCUT2D eigenvalue weighted by molar-refractivity contribution is 5.87. The van der Waals surface area contributed by atoms with Crippen molar-refractivity contribution in [2.75, 3.05) is 39.3 Å². The van der Waals surface area contributed by atoms with E-state index >= 15 is 0 Å². The zero-order valence-corrected chi connectivity index (χ0v) is 13.5. The predicted molar refractivity (Wildman–Crippen MR) is 85.5 cm³/mol. The van der Waals surface area contributed by atoms with E-state index in [0.717, 1.165) is 10.5 Å². The molecular weight excluding hydrogens is 337 g/mol. The molecule has 5 nitrogen and oxygen atoms in total. The van der Waals surface area contributed by atoms with Gasteiger partial charge in [-0.3, -0.25) is 9.69 Å². The Morgan fingerprint density at radius 1 is 1.08 bits per heavy atom. The molecular formula is C17H19F3N2O3. The van der Waals surface area contributed by atoms with Crippen molar-refractivity contribution < 1.29 is 27.5 Å². The second-order valence-electron chi connectivity index (χ2n) is 5.54. The average molecular weight is 356 g/mol. The Bertz CT molecular complexity index is 609. The minimum absolute atomic E-state index is 0.0141. The standard InChI is InChI=1S/C17H19F3N2O3/c18-17(19,20)16(24)22-10-8-21(9-11-22)12-13-25-15(23)7-6-14-4-2-1-3-5-14/h1-7H,8-13H2/b7-6+. The Hall–Kier alpha value is -2.35. The summed E-state index contributed by atoms with van der Waals surface area (Å²) in [6.07, 6.45) is -1.86. The fourth-order valence-corrected chi connectivity index (χ4v) is 2.41. The summed E-state index contributed by atoms with van der Waals surface area (Å²) < 4.78 is 42.1. The van der Waals surface area contributed by atoms with E-state index in [0.29, 0.717) is 19.6 Å². The summed E-state index contributed by atoms with van der Waals surface area (Å²) in [5.74, 6) is -2.28.